The molecule has 0 saturated carbocycles. The summed E-state index contributed by atoms with van der Waals surface area (Å²) in [6.07, 6.45) is 0.718. The fraction of sp³-hybridized carbons (Fsp3) is 0.357. The number of rotatable bonds is 5. The quantitative estimate of drug-likeness (QED) is 0.748. The summed E-state index contributed by atoms with van der Waals surface area (Å²) >= 11 is 0. The molecule has 2 amide bonds. The minimum absolute atomic E-state index is 0.0761. The predicted octanol–water partition coefficient (Wildman–Crippen LogP) is 1.02. The Bertz CT molecular complexity index is 568. The van der Waals surface area contributed by atoms with E-state index in [4.69, 9.17) is 5.11 Å². The molecule has 20 heavy (non-hydrogen) atoms. The number of benzene rings is 1. The van der Waals surface area contributed by atoms with Crippen molar-refractivity contribution in [1.29, 1.82) is 0 Å². The Morgan fingerprint density at radius 3 is 2.90 bits per heavy atom. The third-order valence-electron chi connectivity index (χ3n) is 3.28. The maximum absolute atomic E-state index is 11.9. The van der Waals surface area contributed by atoms with Crippen LogP contribution in [0.2, 0.25) is 0 Å². The summed E-state index contributed by atoms with van der Waals surface area (Å²) in [5.74, 6) is -1.71. The van der Waals surface area contributed by atoms with Crippen LogP contribution in [0.1, 0.15) is 29.3 Å². The van der Waals surface area contributed by atoms with E-state index in [9.17, 15) is 14.4 Å². The number of carbonyl (C=O) groups excluding carboxylic acids is 2. The summed E-state index contributed by atoms with van der Waals surface area (Å²) in [5, 5.41) is 14.1. The van der Waals surface area contributed by atoms with Gasteiger partial charge in [0.25, 0.3) is 5.91 Å². The largest absolute Gasteiger partial charge is 0.481 e. The van der Waals surface area contributed by atoms with E-state index < -0.39 is 11.9 Å². The molecule has 3 N–H and O–H groups in total. The fourth-order valence-corrected chi connectivity index (χ4v) is 1.98. The molecule has 0 aromatic heterocycles. The molecule has 0 fully saturated rings. The monoisotopic (exact) mass is 276 g/mol. The number of anilines is 1. The van der Waals surface area contributed by atoms with Crippen LogP contribution in [-0.2, 0) is 16.0 Å². The number of amides is 2. The molecule has 6 heteroatoms. The van der Waals surface area contributed by atoms with Crippen molar-refractivity contribution in [3.8, 4) is 0 Å². The molecular formula is C14H16N2O4. The Morgan fingerprint density at radius 2 is 2.20 bits per heavy atom. The van der Waals surface area contributed by atoms with E-state index in [0.29, 0.717) is 30.6 Å². The zero-order valence-corrected chi connectivity index (χ0v) is 11.1. The van der Waals surface area contributed by atoms with E-state index in [2.05, 4.69) is 10.6 Å². The van der Waals surface area contributed by atoms with Gasteiger partial charge in [0.1, 0.15) is 0 Å². The molecule has 2 rings (SSSR count). The number of hydrogen-bond acceptors (Lipinski definition) is 3. The fourth-order valence-electron chi connectivity index (χ4n) is 1.98. The van der Waals surface area contributed by atoms with Gasteiger partial charge in [0, 0.05) is 17.8 Å². The van der Waals surface area contributed by atoms with Gasteiger partial charge in [-0.25, -0.2) is 0 Å². The average Bonchev–Trinajstić information content (AvgIpc) is 2.77. The van der Waals surface area contributed by atoms with Gasteiger partial charge in [-0.05, 0) is 24.1 Å². The summed E-state index contributed by atoms with van der Waals surface area (Å²) in [6, 6.07) is 5.05. The smallest absolute Gasteiger partial charge is 0.306 e. The first-order chi connectivity index (χ1) is 9.47. The second-order valence-corrected chi connectivity index (χ2v) is 4.88. The van der Waals surface area contributed by atoms with Crippen molar-refractivity contribution in [2.24, 2.45) is 5.92 Å². The number of aliphatic carboxylic acids is 1. The lowest BCUT2D eigenvalue weighted by atomic mass is 10.1. The van der Waals surface area contributed by atoms with Crippen LogP contribution in [0.4, 0.5) is 5.69 Å². The summed E-state index contributed by atoms with van der Waals surface area (Å²) in [6.45, 7) is 1.90. The van der Waals surface area contributed by atoms with Crippen LogP contribution in [0.3, 0.4) is 0 Å². The molecule has 1 aliphatic heterocycles. The number of nitrogens with one attached hydrogen (secondary N) is 2. The molecule has 1 aliphatic rings. The van der Waals surface area contributed by atoms with Crippen LogP contribution in [0.25, 0.3) is 0 Å². The number of carboxylic acid groups (broad SMARTS) is 1. The minimum atomic E-state index is -0.875. The molecule has 1 aromatic carbocycles. The molecule has 0 spiro atoms. The van der Waals surface area contributed by atoms with Gasteiger partial charge in [-0.15, -0.1) is 0 Å². The van der Waals surface area contributed by atoms with Crippen LogP contribution in [0, 0.1) is 5.92 Å². The summed E-state index contributed by atoms with van der Waals surface area (Å²) in [5.41, 5.74) is 2.00. The van der Waals surface area contributed by atoms with Crippen LogP contribution in [0.5, 0.6) is 0 Å². The van der Waals surface area contributed by atoms with Gasteiger partial charge in [-0.1, -0.05) is 13.0 Å². The summed E-state index contributed by atoms with van der Waals surface area (Å²) < 4.78 is 0. The van der Waals surface area contributed by atoms with E-state index >= 15 is 0 Å². The molecule has 1 heterocycles. The number of fused-ring (bicyclic) bond motifs is 1. The van der Waals surface area contributed by atoms with Crippen molar-refractivity contribution >= 4 is 23.5 Å². The normalized spacial score (nSPS) is 14.3. The second kappa shape index (κ2) is 5.73. The van der Waals surface area contributed by atoms with E-state index in [0.717, 1.165) is 5.56 Å². The van der Waals surface area contributed by atoms with Gasteiger partial charge in [-0.2, -0.15) is 0 Å². The lowest BCUT2D eigenvalue weighted by Crippen LogP contribution is -2.27. The second-order valence-electron chi connectivity index (χ2n) is 4.88. The van der Waals surface area contributed by atoms with E-state index in [1.807, 2.05) is 0 Å². The first kappa shape index (κ1) is 14.0. The van der Waals surface area contributed by atoms with Gasteiger partial charge < -0.3 is 15.7 Å². The Kier molecular flexibility index (Phi) is 4.02. The first-order valence-electron chi connectivity index (χ1n) is 6.41. The van der Waals surface area contributed by atoms with Gasteiger partial charge in [0.15, 0.2) is 0 Å². The number of hydrogen-bond donors (Lipinski definition) is 3. The van der Waals surface area contributed by atoms with Crippen LogP contribution < -0.4 is 10.6 Å². The Morgan fingerprint density at radius 1 is 1.45 bits per heavy atom. The predicted molar refractivity (Wildman–Crippen MR) is 72.5 cm³/mol. The van der Waals surface area contributed by atoms with Gasteiger partial charge in [0.2, 0.25) is 5.91 Å². The topological polar surface area (TPSA) is 95.5 Å². The molecule has 0 bridgehead atoms. The number of carboxylic acids is 1. The first-order valence-corrected chi connectivity index (χ1v) is 6.41. The zero-order chi connectivity index (χ0) is 14.7. The molecule has 1 atom stereocenters. The van der Waals surface area contributed by atoms with E-state index in [1.54, 1.807) is 25.1 Å². The van der Waals surface area contributed by atoms with Crippen LogP contribution >= 0.6 is 0 Å². The molecule has 1 unspecified atom stereocenters. The molecule has 0 saturated heterocycles. The Hall–Kier alpha value is -2.37. The molecular weight excluding hydrogens is 260 g/mol. The van der Waals surface area contributed by atoms with Crippen molar-refractivity contribution in [3.05, 3.63) is 29.3 Å². The standard InChI is InChI=1S/C14H16N2O4/c1-8(14(19)20)4-5-15-13(18)10-3-2-9-7-12(17)16-11(9)6-10/h2-3,6,8H,4-5,7H2,1H3,(H,15,18)(H,16,17)(H,19,20). The lowest BCUT2D eigenvalue weighted by molar-refractivity contribution is -0.141. The van der Waals surface area contributed by atoms with Crippen LogP contribution in [0.15, 0.2) is 18.2 Å². The van der Waals surface area contributed by atoms with Crippen molar-refractivity contribution in [3.63, 3.8) is 0 Å². The van der Waals surface area contributed by atoms with Gasteiger partial charge in [0.05, 0.1) is 12.3 Å². The highest BCUT2D eigenvalue weighted by molar-refractivity contribution is 6.02. The molecule has 6 nitrogen and oxygen atoms in total. The highest BCUT2D eigenvalue weighted by Crippen LogP contribution is 2.23. The summed E-state index contributed by atoms with van der Waals surface area (Å²) in [7, 11) is 0. The van der Waals surface area contributed by atoms with Crippen molar-refractivity contribution < 1.29 is 19.5 Å². The van der Waals surface area contributed by atoms with E-state index in [-0.39, 0.29) is 11.8 Å². The Balaban J connectivity index is 1.92. The van der Waals surface area contributed by atoms with Crippen molar-refractivity contribution in [2.75, 3.05) is 11.9 Å². The molecule has 0 aliphatic carbocycles. The van der Waals surface area contributed by atoms with Crippen molar-refractivity contribution in [2.45, 2.75) is 19.8 Å². The molecule has 1 aromatic rings. The minimum Gasteiger partial charge on any atom is -0.481 e. The highest BCUT2D eigenvalue weighted by atomic mass is 16.4. The lowest BCUT2D eigenvalue weighted by Gasteiger charge is -2.08. The zero-order valence-electron chi connectivity index (χ0n) is 11.1. The molecule has 0 radical (unpaired) electrons. The Labute approximate surface area is 116 Å². The maximum atomic E-state index is 11.9. The third-order valence-corrected chi connectivity index (χ3v) is 3.28. The van der Waals surface area contributed by atoms with Crippen LogP contribution in [-0.4, -0.2) is 29.4 Å². The number of carbonyl (C=O) groups is 3. The average molecular weight is 276 g/mol. The maximum Gasteiger partial charge on any atom is 0.306 e. The summed E-state index contributed by atoms with van der Waals surface area (Å²) in [4.78, 5) is 33.8. The highest BCUT2D eigenvalue weighted by Gasteiger charge is 2.19. The third kappa shape index (κ3) is 3.14. The van der Waals surface area contributed by atoms with Gasteiger partial charge >= 0.3 is 5.97 Å². The molecule has 106 valence electrons. The van der Waals surface area contributed by atoms with E-state index in [1.165, 1.54) is 0 Å². The van der Waals surface area contributed by atoms with Crippen molar-refractivity contribution in [1.82, 2.24) is 5.32 Å². The van der Waals surface area contributed by atoms with Gasteiger partial charge in [-0.3, -0.25) is 14.4 Å². The SMILES string of the molecule is CC(CCNC(=O)c1ccc2c(c1)NC(=O)C2)C(=O)O.